The molecule has 0 spiro atoms. The van der Waals surface area contributed by atoms with Gasteiger partial charge in [-0.2, -0.15) is 0 Å². The highest BCUT2D eigenvalue weighted by molar-refractivity contribution is 5.80. The molecule has 0 radical (unpaired) electrons. The molecule has 0 aromatic heterocycles. The van der Waals surface area contributed by atoms with E-state index in [9.17, 15) is 9.18 Å². The van der Waals surface area contributed by atoms with E-state index in [0.717, 1.165) is 64.6 Å². The van der Waals surface area contributed by atoms with E-state index < -0.39 is 0 Å². The van der Waals surface area contributed by atoms with E-state index in [1.165, 1.54) is 18.6 Å². The molecule has 1 heterocycles. The smallest absolute Gasteiger partial charge is 0.225 e. The summed E-state index contributed by atoms with van der Waals surface area (Å²) in [7, 11) is 0. The first kappa shape index (κ1) is 23.3. The van der Waals surface area contributed by atoms with Gasteiger partial charge in [-0.15, -0.1) is 0 Å². The van der Waals surface area contributed by atoms with Gasteiger partial charge < -0.3 is 20.3 Å². The number of hydrogen-bond donors (Lipinski definition) is 2. The highest BCUT2D eigenvalue weighted by atomic mass is 19.1. The molecule has 2 aliphatic rings. The maximum absolute atomic E-state index is 13.0. The number of nitrogens with one attached hydrogen (secondary N) is 2. The summed E-state index contributed by atoms with van der Waals surface area (Å²) in [5.41, 5.74) is 0. The van der Waals surface area contributed by atoms with Crippen molar-refractivity contribution in [3.63, 3.8) is 0 Å². The Morgan fingerprint density at radius 2 is 1.90 bits per heavy atom. The van der Waals surface area contributed by atoms with Gasteiger partial charge >= 0.3 is 0 Å². The van der Waals surface area contributed by atoms with Crippen LogP contribution in [0.2, 0.25) is 0 Å². The Bertz CT molecular complexity index is 715. The Kier molecular flexibility index (Phi) is 8.94. The predicted molar refractivity (Wildman–Crippen MR) is 121 cm³/mol. The predicted octanol–water partition coefficient (Wildman–Crippen LogP) is 2.09. The van der Waals surface area contributed by atoms with Crippen LogP contribution >= 0.6 is 0 Å². The molecule has 2 N–H and O–H groups in total. The molecular formula is C23H36FN5O2. The van der Waals surface area contributed by atoms with Crippen LogP contribution in [0.1, 0.15) is 33.1 Å². The molecule has 1 saturated carbocycles. The SMILES string of the molecule is CCNC(=NCC(C)Oc1ccc(F)cc1)NCCN1CCN(C(=O)C2CCC2)CC1. The lowest BCUT2D eigenvalue weighted by molar-refractivity contribution is -0.139. The van der Waals surface area contributed by atoms with Gasteiger partial charge in [0.05, 0.1) is 6.54 Å². The minimum absolute atomic E-state index is 0.123. The zero-order valence-electron chi connectivity index (χ0n) is 18.8. The number of rotatable bonds is 9. The van der Waals surface area contributed by atoms with Crippen LogP contribution in [0.4, 0.5) is 4.39 Å². The van der Waals surface area contributed by atoms with Crippen LogP contribution in [0, 0.1) is 11.7 Å². The number of amides is 1. The number of hydrogen-bond acceptors (Lipinski definition) is 4. The van der Waals surface area contributed by atoms with Crippen molar-refractivity contribution in [2.24, 2.45) is 10.9 Å². The molecule has 1 amide bonds. The van der Waals surface area contributed by atoms with Crippen LogP contribution < -0.4 is 15.4 Å². The number of carbonyl (C=O) groups is 1. The third kappa shape index (κ3) is 7.38. The fourth-order valence-corrected chi connectivity index (χ4v) is 3.78. The molecule has 172 valence electrons. The number of benzene rings is 1. The summed E-state index contributed by atoms with van der Waals surface area (Å²) in [6.45, 7) is 10.5. The van der Waals surface area contributed by atoms with Crippen LogP contribution in [0.25, 0.3) is 0 Å². The van der Waals surface area contributed by atoms with Crippen LogP contribution in [0.15, 0.2) is 29.3 Å². The average molecular weight is 434 g/mol. The summed E-state index contributed by atoms with van der Waals surface area (Å²) in [5.74, 6) is 1.78. The van der Waals surface area contributed by atoms with Gasteiger partial charge in [0, 0.05) is 51.7 Å². The molecule has 1 aliphatic heterocycles. The van der Waals surface area contributed by atoms with E-state index in [1.807, 2.05) is 18.7 Å². The van der Waals surface area contributed by atoms with E-state index >= 15 is 0 Å². The number of aliphatic imine (C=N–C) groups is 1. The van der Waals surface area contributed by atoms with Crippen molar-refractivity contribution in [3.05, 3.63) is 30.1 Å². The first-order valence-electron chi connectivity index (χ1n) is 11.5. The molecule has 1 aromatic carbocycles. The number of halogens is 1. The number of ether oxygens (including phenoxy) is 1. The van der Waals surface area contributed by atoms with Gasteiger partial charge in [-0.25, -0.2) is 9.38 Å². The van der Waals surface area contributed by atoms with Crippen LogP contribution in [0.3, 0.4) is 0 Å². The van der Waals surface area contributed by atoms with Gasteiger partial charge in [0.1, 0.15) is 17.7 Å². The van der Waals surface area contributed by atoms with E-state index in [-0.39, 0.29) is 11.9 Å². The summed E-state index contributed by atoms with van der Waals surface area (Å²) < 4.78 is 18.8. The molecule has 8 heteroatoms. The van der Waals surface area contributed by atoms with Crippen LogP contribution in [0.5, 0.6) is 5.75 Å². The van der Waals surface area contributed by atoms with Crippen LogP contribution in [-0.4, -0.2) is 80.1 Å². The maximum Gasteiger partial charge on any atom is 0.225 e. The normalized spacial score (nSPS) is 18.9. The maximum atomic E-state index is 13.0. The minimum Gasteiger partial charge on any atom is -0.489 e. The van der Waals surface area contributed by atoms with Crippen molar-refractivity contribution < 1.29 is 13.9 Å². The summed E-state index contributed by atoms with van der Waals surface area (Å²) in [6, 6.07) is 6.02. The Morgan fingerprint density at radius 3 is 2.52 bits per heavy atom. The second kappa shape index (κ2) is 11.9. The number of guanidine groups is 1. The van der Waals surface area contributed by atoms with Crippen molar-refractivity contribution in [2.45, 2.75) is 39.2 Å². The lowest BCUT2D eigenvalue weighted by Gasteiger charge is -2.38. The van der Waals surface area contributed by atoms with Gasteiger partial charge in [0.25, 0.3) is 0 Å². The lowest BCUT2D eigenvalue weighted by Crippen LogP contribution is -2.52. The minimum atomic E-state index is -0.275. The summed E-state index contributed by atoms with van der Waals surface area (Å²) in [5, 5.41) is 6.63. The fourth-order valence-electron chi connectivity index (χ4n) is 3.78. The van der Waals surface area contributed by atoms with Gasteiger partial charge in [0.15, 0.2) is 5.96 Å². The molecule has 2 fully saturated rings. The highest BCUT2D eigenvalue weighted by Crippen LogP contribution is 2.28. The number of piperazine rings is 1. The third-order valence-electron chi connectivity index (χ3n) is 5.86. The molecule has 3 rings (SSSR count). The Balaban J connectivity index is 1.35. The van der Waals surface area contributed by atoms with Crippen molar-refractivity contribution in [1.82, 2.24) is 20.4 Å². The summed E-state index contributed by atoms with van der Waals surface area (Å²) in [6.07, 6.45) is 3.23. The van der Waals surface area contributed by atoms with Crippen molar-refractivity contribution in [1.29, 1.82) is 0 Å². The molecule has 1 atom stereocenters. The highest BCUT2D eigenvalue weighted by Gasteiger charge is 2.30. The zero-order valence-corrected chi connectivity index (χ0v) is 18.8. The second-order valence-electron chi connectivity index (χ2n) is 8.32. The monoisotopic (exact) mass is 433 g/mol. The molecule has 1 unspecified atom stereocenters. The second-order valence-corrected chi connectivity index (χ2v) is 8.32. The lowest BCUT2D eigenvalue weighted by atomic mass is 9.84. The Morgan fingerprint density at radius 1 is 1.19 bits per heavy atom. The largest absolute Gasteiger partial charge is 0.489 e. The zero-order chi connectivity index (χ0) is 22.1. The first-order chi connectivity index (χ1) is 15.0. The standard InChI is InChI=1S/C23H36FN5O2/c1-3-25-23(27-17-18(2)31-21-9-7-20(24)8-10-21)26-11-12-28-13-15-29(16-14-28)22(30)19-5-4-6-19/h7-10,18-19H,3-6,11-17H2,1-2H3,(H2,25,26,27). The molecule has 1 saturated heterocycles. The average Bonchev–Trinajstić information content (AvgIpc) is 2.73. The van der Waals surface area contributed by atoms with Gasteiger partial charge in [-0.3, -0.25) is 9.69 Å². The Hall–Kier alpha value is -2.35. The van der Waals surface area contributed by atoms with Gasteiger partial charge in [-0.1, -0.05) is 6.42 Å². The Labute approximate surface area is 185 Å². The van der Waals surface area contributed by atoms with E-state index in [4.69, 9.17) is 4.74 Å². The summed E-state index contributed by atoms with van der Waals surface area (Å²) in [4.78, 5) is 21.4. The van der Waals surface area contributed by atoms with Crippen molar-refractivity contribution >= 4 is 11.9 Å². The quantitative estimate of drug-likeness (QED) is 0.461. The van der Waals surface area contributed by atoms with Crippen LogP contribution in [-0.2, 0) is 4.79 Å². The molecule has 0 bridgehead atoms. The molecular weight excluding hydrogens is 397 g/mol. The number of carbonyl (C=O) groups excluding carboxylic acids is 1. The summed E-state index contributed by atoms with van der Waals surface area (Å²) >= 11 is 0. The van der Waals surface area contributed by atoms with Gasteiger partial charge in [0.2, 0.25) is 5.91 Å². The van der Waals surface area contributed by atoms with Crippen molar-refractivity contribution in [3.8, 4) is 5.75 Å². The topological polar surface area (TPSA) is 69.2 Å². The molecule has 7 nitrogen and oxygen atoms in total. The first-order valence-corrected chi connectivity index (χ1v) is 11.5. The van der Waals surface area contributed by atoms with Gasteiger partial charge in [-0.05, 0) is 51.0 Å². The van der Waals surface area contributed by atoms with Crippen molar-refractivity contribution in [2.75, 3.05) is 52.4 Å². The number of nitrogens with zero attached hydrogens (tertiary/aromatic N) is 3. The fraction of sp³-hybridized carbons (Fsp3) is 0.652. The van der Waals surface area contributed by atoms with E-state index in [2.05, 4.69) is 20.5 Å². The van der Waals surface area contributed by atoms with E-state index in [0.29, 0.717) is 24.1 Å². The van der Waals surface area contributed by atoms with E-state index in [1.54, 1.807) is 12.1 Å². The molecule has 1 aliphatic carbocycles. The third-order valence-corrected chi connectivity index (χ3v) is 5.86. The molecule has 31 heavy (non-hydrogen) atoms. The molecule has 1 aromatic rings.